The van der Waals surface area contributed by atoms with Gasteiger partial charge in [-0.25, -0.2) is 0 Å². The fourth-order valence-corrected chi connectivity index (χ4v) is 3.82. The van der Waals surface area contributed by atoms with Gasteiger partial charge in [0.05, 0.1) is 29.4 Å². The highest BCUT2D eigenvalue weighted by atomic mass is 32.2. The van der Waals surface area contributed by atoms with Crippen molar-refractivity contribution >= 4 is 23.1 Å². The molecule has 0 spiro atoms. The van der Waals surface area contributed by atoms with Crippen LogP contribution in [-0.2, 0) is 0 Å². The number of hydrogen-bond acceptors (Lipinski definition) is 7. The van der Waals surface area contributed by atoms with Crippen LogP contribution in [0.15, 0.2) is 35.2 Å². The zero-order valence-corrected chi connectivity index (χ0v) is 18.6. The lowest BCUT2D eigenvalue weighted by Crippen LogP contribution is -2.13. The number of nitrogens with zero attached hydrogens (tertiary/aromatic N) is 5. The lowest BCUT2D eigenvalue weighted by Gasteiger charge is -2.20. The van der Waals surface area contributed by atoms with Crippen molar-refractivity contribution in [2.45, 2.75) is 17.7 Å². The maximum absolute atomic E-state index is 9.34. The van der Waals surface area contributed by atoms with E-state index in [2.05, 4.69) is 18.2 Å². The molecule has 30 heavy (non-hydrogen) atoms. The number of nitriles is 3. The van der Waals surface area contributed by atoms with Crippen molar-refractivity contribution in [2.75, 3.05) is 50.4 Å². The smallest absolute Gasteiger partial charge is 0.123 e. The molecule has 0 heterocycles. The van der Waals surface area contributed by atoms with Crippen LogP contribution in [0.3, 0.4) is 0 Å². The molecule has 6 nitrogen and oxygen atoms in total. The van der Waals surface area contributed by atoms with Gasteiger partial charge in [-0.2, -0.15) is 15.8 Å². The molecule has 0 fully saturated rings. The molecular weight excluding hydrogens is 394 g/mol. The van der Waals surface area contributed by atoms with E-state index in [1.165, 1.54) is 23.9 Å². The van der Waals surface area contributed by atoms with Crippen molar-refractivity contribution in [3.63, 3.8) is 0 Å². The Hall–Kier alpha value is -3.34. The Kier molecular flexibility index (Phi) is 8.41. The summed E-state index contributed by atoms with van der Waals surface area (Å²) in [7, 11) is 8.02. The maximum atomic E-state index is 9.34. The molecule has 0 aromatic heterocycles. The van der Waals surface area contributed by atoms with E-state index in [0.29, 0.717) is 28.2 Å². The lowest BCUT2D eigenvalue weighted by atomic mass is 10.1. The normalized spacial score (nSPS) is 9.90. The minimum Gasteiger partial charge on any atom is -0.493 e. The van der Waals surface area contributed by atoms with Gasteiger partial charge in [-0.15, -0.1) is 11.8 Å². The molecule has 7 heteroatoms. The Morgan fingerprint density at radius 1 is 0.800 bits per heavy atom. The fraction of sp³-hybridized carbons (Fsp3) is 0.348. The van der Waals surface area contributed by atoms with Gasteiger partial charge in [0.2, 0.25) is 0 Å². The van der Waals surface area contributed by atoms with Crippen LogP contribution >= 0.6 is 11.8 Å². The fourth-order valence-electron chi connectivity index (χ4n) is 2.75. The van der Waals surface area contributed by atoms with Gasteiger partial charge in [-0.3, -0.25) is 0 Å². The van der Waals surface area contributed by atoms with Gasteiger partial charge >= 0.3 is 0 Å². The minimum absolute atomic E-state index is 0.331. The summed E-state index contributed by atoms with van der Waals surface area (Å²) < 4.78 is 5.96. The molecule has 0 saturated carbocycles. The molecule has 2 aromatic carbocycles. The molecule has 154 valence electrons. The van der Waals surface area contributed by atoms with Crippen LogP contribution in [0.1, 0.15) is 29.5 Å². The van der Waals surface area contributed by atoms with E-state index in [9.17, 15) is 10.5 Å². The first-order valence-corrected chi connectivity index (χ1v) is 10.5. The highest BCUT2D eigenvalue weighted by Gasteiger charge is 2.12. The van der Waals surface area contributed by atoms with E-state index in [-0.39, 0.29) is 0 Å². The first kappa shape index (κ1) is 22.9. The molecule has 0 N–H and O–H groups in total. The number of ether oxygens (including phenoxy) is 1. The van der Waals surface area contributed by atoms with Crippen LogP contribution in [0.4, 0.5) is 11.4 Å². The van der Waals surface area contributed by atoms with E-state index in [4.69, 9.17) is 10.00 Å². The zero-order chi connectivity index (χ0) is 22.1. The summed E-state index contributed by atoms with van der Waals surface area (Å²) in [5, 5.41) is 27.7. The summed E-state index contributed by atoms with van der Waals surface area (Å²) in [4.78, 5) is 4.75. The summed E-state index contributed by atoms with van der Waals surface area (Å²) in [6, 6.07) is 15.4. The van der Waals surface area contributed by atoms with Crippen molar-refractivity contribution in [3.8, 4) is 24.0 Å². The van der Waals surface area contributed by atoms with E-state index in [0.717, 1.165) is 35.7 Å². The standard InChI is InChI=1S/C23H25N5OS/c1-27(2)20-11-21(28(3)4)13-22(12-20)29-7-5-6-8-30-23-18(15-25)9-17(14-24)10-19(23)16-26/h9-13H,5-8H2,1-4H3. The Morgan fingerprint density at radius 3 is 1.83 bits per heavy atom. The van der Waals surface area contributed by atoms with Crippen molar-refractivity contribution in [3.05, 3.63) is 47.0 Å². The highest BCUT2D eigenvalue weighted by Crippen LogP contribution is 2.30. The number of rotatable bonds is 9. The second kappa shape index (κ2) is 11.0. The molecule has 0 amide bonds. The van der Waals surface area contributed by atoms with Gasteiger partial charge in [0.25, 0.3) is 0 Å². The van der Waals surface area contributed by atoms with Crippen LogP contribution < -0.4 is 14.5 Å². The Labute approximate surface area is 182 Å². The van der Waals surface area contributed by atoms with E-state index < -0.39 is 0 Å². The summed E-state index contributed by atoms with van der Waals surface area (Å²) >= 11 is 1.48. The van der Waals surface area contributed by atoms with Crippen LogP contribution in [0.5, 0.6) is 5.75 Å². The van der Waals surface area contributed by atoms with Crippen LogP contribution in [0, 0.1) is 34.0 Å². The third-order valence-corrected chi connectivity index (χ3v) is 5.64. The van der Waals surface area contributed by atoms with Crippen molar-refractivity contribution in [1.82, 2.24) is 0 Å². The topological polar surface area (TPSA) is 87.1 Å². The Balaban J connectivity index is 1.91. The van der Waals surface area contributed by atoms with Crippen LogP contribution in [-0.4, -0.2) is 40.6 Å². The molecule has 0 atom stereocenters. The molecule has 0 radical (unpaired) electrons. The number of thioether (sulfide) groups is 1. The molecule has 0 aliphatic rings. The molecule has 0 aliphatic carbocycles. The predicted octanol–water partition coefficient (Wildman–Crippen LogP) is 4.38. The first-order chi connectivity index (χ1) is 14.4. The predicted molar refractivity (Wildman–Crippen MR) is 121 cm³/mol. The van der Waals surface area contributed by atoms with Crippen molar-refractivity contribution in [1.29, 1.82) is 15.8 Å². The molecule has 2 aromatic rings. The van der Waals surface area contributed by atoms with Gasteiger partial charge in [0.15, 0.2) is 0 Å². The van der Waals surface area contributed by atoms with Crippen molar-refractivity contribution < 1.29 is 4.74 Å². The van der Waals surface area contributed by atoms with Crippen LogP contribution in [0.2, 0.25) is 0 Å². The second-order valence-electron chi connectivity index (χ2n) is 7.11. The molecule has 0 unspecified atom stereocenters. The Morgan fingerprint density at radius 2 is 1.37 bits per heavy atom. The van der Waals surface area contributed by atoms with Gasteiger partial charge in [-0.05, 0) is 36.8 Å². The van der Waals surface area contributed by atoms with Gasteiger partial charge < -0.3 is 14.5 Å². The summed E-state index contributed by atoms with van der Waals surface area (Å²) in [5.41, 5.74) is 3.26. The van der Waals surface area contributed by atoms with E-state index in [1.54, 1.807) is 0 Å². The zero-order valence-electron chi connectivity index (χ0n) is 17.8. The number of benzene rings is 2. The molecule has 0 saturated heterocycles. The average molecular weight is 420 g/mol. The summed E-state index contributed by atoms with van der Waals surface area (Å²) in [6.45, 7) is 0.591. The van der Waals surface area contributed by atoms with E-state index >= 15 is 0 Å². The van der Waals surface area contributed by atoms with Crippen molar-refractivity contribution in [2.24, 2.45) is 0 Å². The summed E-state index contributed by atoms with van der Waals surface area (Å²) in [5.74, 6) is 1.60. The van der Waals surface area contributed by atoms with Gasteiger partial charge in [0, 0.05) is 56.6 Å². The average Bonchev–Trinajstić information content (AvgIpc) is 2.75. The third-order valence-electron chi connectivity index (χ3n) is 4.42. The second-order valence-corrected chi connectivity index (χ2v) is 8.22. The molecule has 0 aliphatic heterocycles. The van der Waals surface area contributed by atoms with Gasteiger partial charge in [0.1, 0.15) is 17.9 Å². The number of hydrogen-bond donors (Lipinski definition) is 0. The van der Waals surface area contributed by atoms with E-state index in [1.807, 2.05) is 56.2 Å². The highest BCUT2D eigenvalue weighted by molar-refractivity contribution is 7.99. The van der Waals surface area contributed by atoms with Gasteiger partial charge in [-0.1, -0.05) is 0 Å². The summed E-state index contributed by atoms with van der Waals surface area (Å²) in [6.07, 6.45) is 1.74. The number of unbranched alkanes of at least 4 members (excludes halogenated alkanes) is 1. The third kappa shape index (κ3) is 6.08. The minimum atomic E-state index is 0.331. The molecular formula is C23H25N5OS. The quantitative estimate of drug-likeness (QED) is 0.440. The first-order valence-electron chi connectivity index (χ1n) is 9.53. The Bertz CT molecular complexity index is 950. The number of anilines is 2. The SMILES string of the molecule is CN(C)c1cc(OCCCCSc2c(C#N)cc(C#N)cc2C#N)cc(N(C)C)c1. The largest absolute Gasteiger partial charge is 0.493 e. The monoisotopic (exact) mass is 419 g/mol. The van der Waals surface area contributed by atoms with Crippen LogP contribution in [0.25, 0.3) is 0 Å². The molecule has 0 bridgehead atoms. The maximum Gasteiger partial charge on any atom is 0.123 e. The molecule has 2 rings (SSSR count). The lowest BCUT2D eigenvalue weighted by molar-refractivity contribution is 0.310.